The van der Waals surface area contributed by atoms with E-state index in [1.54, 1.807) is 7.11 Å². The number of rotatable bonds is 6. The van der Waals surface area contributed by atoms with Gasteiger partial charge < -0.3 is 10.1 Å². The molecule has 1 N–H and O–H groups in total. The maximum Gasteiger partial charge on any atom is 0.160 e. The Labute approximate surface area is 122 Å². The van der Waals surface area contributed by atoms with E-state index in [1.165, 1.54) is 24.1 Å². The molecule has 4 heteroatoms. The lowest BCUT2D eigenvalue weighted by molar-refractivity contribution is -0.0294. The SMILES string of the molecule is CCNC1CCCc2nc(C(CC)(CC)OC)ncc21. The molecule has 0 fully saturated rings. The van der Waals surface area contributed by atoms with E-state index < -0.39 is 0 Å². The van der Waals surface area contributed by atoms with Crippen LogP contribution in [0.3, 0.4) is 0 Å². The lowest BCUT2D eigenvalue weighted by Gasteiger charge is -2.31. The molecule has 0 saturated heterocycles. The van der Waals surface area contributed by atoms with Crippen molar-refractivity contribution in [2.75, 3.05) is 13.7 Å². The summed E-state index contributed by atoms with van der Waals surface area (Å²) in [6, 6.07) is 0.415. The van der Waals surface area contributed by atoms with Crippen LogP contribution < -0.4 is 5.32 Å². The summed E-state index contributed by atoms with van der Waals surface area (Å²) in [6.45, 7) is 7.40. The molecule has 0 saturated carbocycles. The molecule has 1 aliphatic rings. The van der Waals surface area contributed by atoms with E-state index in [0.29, 0.717) is 6.04 Å². The van der Waals surface area contributed by atoms with Gasteiger partial charge in [-0.05, 0) is 38.6 Å². The molecule has 0 radical (unpaired) electrons. The van der Waals surface area contributed by atoms with E-state index in [9.17, 15) is 0 Å². The molecule has 112 valence electrons. The van der Waals surface area contributed by atoms with Gasteiger partial charge in [0.1, 0.15) is 5.60 Å². The first-order chi connectivity index (χ1) is 9.70. The molecular formula is C16H27N3O. The fraction of sp³-hybridized carbons (Fsp3) is 0.750. The van der Waals surface area contributed by atoms with E-state index in [0.717, 1.165) is 31.6 Å². The molecular weight excluding hydrogens is 250 g/mol. The smallest absolute Gasteiger partial charge is 0.160 e. The highest BCUT2D eigenvalue weighted by Crippen LogP contribution is 2.33. The van der Waals surface area contributed by atoms with Crippen molar-refractivity contribution >= 4 is 0 Å². The molecule has 1 unspecified atom stereocenters. The third kappa shape index (κ3) is 2.72. The molecule has 4 nitrogen and oxygen atoms in total. The zero-order valence-electron chi connectivity index (χ0n) is 13.2. The average molecular weight is 277 g/mol. The molecule has 1 heterocycles. The van der Waals surface area contributed by atoms with Gasteiger partial charge in [-0.25, -0.2) is 9.97 Å². The topological polar surface area (TPSA) is 47.0 Å². The Balaban J connectivity index is 2.36. The number of nitrogens with one attached hydrogen (secondary N) is 1. The highest BCUT2D eigenvalue weighted by Gasteiger charge is 2.33. The Hall–Kier alpha value is -1.00. The minimum Gasteiger partial charge on any atom is -0.370 e. The summed E-state index contributed by atoms with van der Waals surface area (Å²) in [4.78, 5) is 9.49. The second-order valence-corrected chi connectivity index (χ2v) is 5.50. The van der Waals surface area contributed by atoms with Gasteiger partial charge in [0, 0.05) is 30.6 Å². The third-order valence-electron chi connectivity index (χ3n) is 4.57. The van der Waals surface area contributed by atoms with Crippen molar-refractivity contribution < 1.29 is 4.74 Å². The number of ether oxygens (including phenoxy) is 1. The van der Waals surface area contributed by atoms with E-state index in [4.69, 9.17) is 9.72 Å². The average Bonchev–Trinajstić information content (AvgIpc) is 2.50. The molecule has 0 spiro atoms. The predicted octanol–water partition coefficient (Wildman–Crippen LogP) is 3.13. The monoisotopic (exact) mass is 277 g/mol. The van der Waals surface area contributed by atoms with Crippen LogP contribution in [0.5, 0.6) is 0 Å². The lowest BCUT2D eigenvalue weighted by atomic mass is 9.90. The van der Waals surface area contributed by atoms with Gasteiger partial charge in [-0.2, -0.15) is 0 Å². The summed E-state index contributed by atoms with van der Waals surface area (Å²) < 4.78 is 5.75. The minimum absolute atomic E-state index is 0.333. The lowest BCUT2D eigenvalue weighted by Crippen LogP contribution is -2.32. The Bertz CT molecular complexity index is 435. The normalized spacial score (nSPS) is 18.9. The van der Waals surface area contributed by atoms with Gasteiger partial charge in [0.25, 0.3) is 0 Å². The van der Waals surface area contributed by atoms with Crippen LogP contribution >= 0.6 is 0 Å². The molecule has 20 heavy (non-hydrogen) atoms. The highest BCUT2D eigenvalue weighted by atomic mass is 16.5. The fourth-order valence-corrected chi connectivity index (χ4v) is 3.17. The maximum absolute atomic E-state index is 5.75. The van der Waals surface area contributed by atoms with E-state index >= 15 is 0 Å². The Morgan fingerprint density at radius 2 is 2.10 bits per heavy atom. The molecule has 0 aliphatic heterocycles. The van der Waals surface area contributed by atoms with Crippen molar-refractivity contribution in [1.29, 1.82) is 0 Å². The summed E-state index contributed by atoms with van der Waals surface area (Å²) in [6.07, 6.45) is 7.24. The first-order valence-electron chi connectivity index (χ1n) is 7.85. The van der Waals surface area contributed by atoms with Gasteiger partial charge >= 0.3 is 0 Å². The molecule has 0 aromatic carbocycles. The minimum atomic E-state index is -0.333. The second kappa shape index (κ2) is 6.64. The van der Waals surface area contributed by atoms with Gasteiger partial charge in [-0.3, -0.25) is 0 Å². The van der Waals surface area contributed by atoms with Crippen LogP contribution in [-0.4, -0.2) is 23.6 Å². The first kappa shape index (κ1) is 15.4. The van der Waals surface area contributed by atoms with Crippen LogP contribution in [0, 0.1) is 0 Å². The number of aryl methyl sites for hydroxylation is 1. The number of hydrogen-bond acceptors (Lipinski definition) is 4. The van der Waals surface area contributed by atoms with E-state index in [1.807, 2.05) is 6.20 Å². The zero-order valence-corrected chi connectivity index (χ0v) is 13.2. The summed E-state index contributed by atoms with van der Waals surface area (Å²) in [5, 5.41) is 3.53. The van der Waals surface area contributed by atoms with Crippen molar-refractivity contribution in [2.24, 2.45) is 0 Å². The number of methoxy groups -OCH3 is 1. The predicted molar refractivity (Wildman–Crippen MR) is 80.7 cm³/mol. The number of fused-ring (bicyclic) bond motifs is 1. The Morgan fingerprint density at radius 3 is 2.70 bits per heavy atom. The van der Waals surface area contributed by atoms with Gasteiger partial charge in [-0.1, -0.05) is 20.8 Å². The fourth-order valence-electron chi connectivity index (χ4n) is 3.17. The zero-order chi connectivity index (χ0) is 14.6. The van der Waals surface area contributed by atoms with Crippen LogP contribution in [0.4, 0.5) is 0 Å². The molecule has 1 aliphatic carbocycles. The van der Waals surface area contributed by atoms with Gasteiger partial charge in [0.05, 0.1) is 0 Å². The van der Waals surface area contributed by atoms with Crippen molar-refractivity contribution in [2.45, 2.75) is 64.5 Å². The Kier molecular flexibility index (Phi) is 5.11. The third-order valence-corrected chi connectivity index (χ3v) is 4.57. The van der Waals surface area contributed by atoms with Crippen molar-refractivity contribution in [3.05, 3.63) is 23.3 Å². The van der Waals surface area contributed by atoms with Crippen molar-refractivity contribution in [3.63, 3.8) is 0 Å². The molecule has 2 rings (SSSR count). The van der Waals surface area contributed by atoms with Crippen LogP contribution in [0.2, 0.25) is 0 Å². The summed E-state index contributed by atoms with van der Waals surface area (Å²) >= 11 is 0. The Morgan fingerprint density at radius 1 is 1.35 bits per heavy atom. The maximum atomic E-state index is 5.75. The second-order valence-electron chi connectivity index (χ2n) is 5.50. The number of nitrogens with zero attached hydrogens (tertiary/aromatic N) is 2. The largest absolute Gasteiger partial charge is 0.370 e. The summed E-state index contributed by atoms with van der Waals surface area (Å²) in [7, 11) is 1.76. The highest BCUT2D eigenvalue weighted by molar-refractivity contribution is 5.25. The molecule has 1 aromatic heterocycles. The first-order valence-corrected chi connectivity index (χ1v) is 7.85. The quantitative estimate of drug-likeness (QED) is 0.868. The molecule has 1 aromatic rings. The number of aromatic nitrogens is 2. The van der Waals surface area contributed by atoms with Crippen LogP contribution in [0.1, 0.15) is 69.6 Å². The van der Waals surface area contributed by atoms with Crippen LogP contribution in [0.15, 0.2) is 6.20 Å². The van der Waals surface area contributed by atoms with Gasteiger partial charge in [-0.15, -0.1) is 0 Å². The standard InChI is InChI=1S/C16H27N3O/c1-5-16(6-2,20-4)15-18-11-12-13(17-7-3)9-8-10-14(12)19-15/h11,13,17H,5-10H2,1-4H3. The van der Waals surface area contributed by atoms with E-state index in [-0.39, 0.29) is 5.60 Å². The van der Waals surface area contributed by atoms with Gasteiger partial charge in [0.15, 0.2) is 5.82 Å². The van der Waals surface area contributed by atoms with Gasteiger partial charge in [0.2, 0.25) is 0 Å². The van der Waals surface area contributed by atoms with Crippen LogP contribution in [-0.2, 0) is 16.8 Å². The molecule has 0 bridgehead atoms. The molecule has 1 atom stereocenters. The van der Waals surface area contributed by atoms with E-state index in [2.05, 4.69) is 31.1 Å². The van der Waals surface area contributed by atoms with Crippen LogP contribution in [0.25, 0.3) is 0 Å². The summed E-state index contributed by atoms with van der Waals surface area (Å²) in [5.41, 5.74) is 2.15. The summed E-state index contributed by atoms with van der Waals surface area (Å²) in [5.74, 6) is 0.848. The number of hydrogen-bond donors (Lipinski definition) is 1. The molecule has 0 amide bonds. The van der Waals surface area contributed by atoms with Crippen molar-refractivity contribution in [3.8, 4) is 0 Å². The van der Waals surface area contributed by atoms with Crippen molar-refractivity contribution in [1.82, 2.24) is 15.3 Å².